The lowest BCUT2D eigenvalue weighted by Crippen LogP contribution is -2.15. The standard InChI is InChI=1S/C22H12ClF3O7/c23-14-3-1-2-4-15(14)32-19-18(27)13-7-5-11(9-17(13)33-20(19)22(24,25)26)30-10-12-6-8-16(31-12)21(28)29/h1-9H,10H2,(H,28,29). The topological polar surface area (TPSA) is 99.1 Å². The minimum Gasteiger partial charge on any atom is -0.486 e. The Balaban J connectivity index is 1.70. The van der Waals surface area contributed by atoms with E-state index in [9.17, 15) is 22.8 Å². The summed E-state index contributed by atoms with van der Waals surface area (Å²) >= 11 is 5.94. The molecule has 0 aliphatic rings. The molecule has 0 bridgehead atoms. The lowest BCUT2D eigenvalue weighted by atomic mass is 10.2. The van der Waals surface area contributed by atoms with E-state index < -0.39 is 29.1 Å². The first kappa shape index (κ1) is 22.3. The molecule has 2 aromatic carbocycles. The summed E-state index contributed by atoms with van der Waals surface area (Å²) in [6, 6.07) is 12.0. The molecule has 1 N–H and O–H groups in total. The van der Waals surface area contributed by atoms with Crippen molar-refractivity contribution >= 4 is 28.5 Å². The minimum atomic E-state index is -5.04. The van der Waals surface area contributed by atoms with Gasteiger partial charge in [0.1, 0.15) is 29.4 Å². The van der Waals surface area contributed by atoms with Gasteiger partial charge in [0.2, 0.25) is 16.9 Å². The highest BCUT2D eigenvalue weighted by atomic mass is 35.5. The Morgan fingerprint density at radius 3 is 2.48 bits per heavy atom. The van der Waals surface area contributed by atoms with Gasteiger partial charge in [0, 0.05) is 6.07 Å². The summed E-state index contributed by atoms with van der Waals surface area (Å²) in [5.74, 6) is -4.14. The summed E-state index contributed by atoms with van der Waals surface area (Å²) in [6.45, 7) is -0.206. The number of benzene rings is 2. The number of hydrogen-bond donors (Lipinski definition) is 1. The molecule has 0 saturated heterocycles. The van der Waals surface area contributed by atoms with E-state index in [2.05, 4.69) is 0 Å². The predicted octanol–water partition coefficient (Wildman–Crippen LogP) is 6.13. The Morgan fingerprint density at radius 2 is 1.82 bits per heavy atom. The van der Waals surface area contributed by atoms with Crippen molar-refractivity contribution in [3.63, 3.8) is 0 Å². The molecule has 0 radical (unpaired) electrons. The van der Waals surface area contributed by atoms with Crippen LogP contribution in [0.5, 0.6) is 17.2 Å². The molecule has 4 rings (SSSR count). The van der Waals surface area contributed by atoms with Crippen molar-refractivity contribution in [2.24, 2.45) is 0 Å². The van der Waals surface area contributed by atoms with Gasteiger partial charge >= 0.3 is 12.1 Å². The van der Waals surface area contributed by atoms with Crippen molar-refractivity contribution < 1.29 is 41.4 Å². The first-order valence-electron chi connectivity index (χ1n) is 9.18. The number of carbonyl (C=O) groups is 1. The predicted molar refractivity (Wildman–Crippen MR) is 109 cm³/mol. The molecule has 0 unspecified atom stereocenters. The number of carboxylic acids is 1. The zero-order valence-electron chi connectivity index (χ0n) is 16.3. The van der Waals surface area contributed by atoms with E-state index in [1.807, 2.05) is 0 Å². The van der Waals surface area contributed by atoms with E-state index in [1.165, 1.54) is 42.5 Å². The molecular formula is C22H12ClF3O7. The maximum Gasteiger partial charge on any atom is 0.453 e. The van der Waals surface area contributed by atoms with Crippen LogP contribution in [0.1, 0.15) is 22.1 Å². The van der Waals surface area contributed by atoms with Crippen LogP contribution in [-0.2, 0) is 12.8 Å². The summed E-state index contributed by atoms with van der Waals surface area (Å²) in [5.41, 5.74) is -1.44. The normalized spacial score (nSPS) is 11.5. The van der Waals surface area contributed by atoms with Crippen LogP contribution in [0, 0.1) is 0 Å². The second-order valence-corrected chi connectivity index (χ2v) is 7.04. The van der Waals surface area contributed by atoms with Gasteiger partial charge in [-0.2, -0.15) is 13.2 Å². The van der Waals surface area contributed by atoms with Crippen molar-refractivity contribution in [2.75, 3.05) is 0 Å². The monoisotopic (exact) mass is 480 g/mol. The number of carboxylic acid groups (broad SMARTS) is 1. The molecule has 170 valence electrons. The van der Waals surface area contributed by atoms with Gasteiger partial charge in [-0.15, -0.1) is 0 Å². The second-order valence-electron chi connectivity index (χ2n) is 6.64. The van der Waals surface area contributed by atoms with Crippen LogP contribution in [0.4, 0.5) is 13.2 Å². The molecule has 11 heteroatoms. The third kappa shape index (κ3) is 4.65. The molecule has 0 atom stereocenters. The number of furan rings is 1. The zero-order valence-corrected chi connectivity index (χ0v) is 17.1. The third-order valence-electron chi connectivity index (χ3n) is 4.38. The summed E-state index contributed by atoms with van der Waals surface area (Å²) in [7, 11) is 0. The number of rotatable bonds is 6. The van der Waals surface area contributed by atoms with Crippen LogP contribution in [0.3, 0.4) is 0 Å². The van der Waals surface area contributed by atoms with Gasteiger partial charge in [0.05, 0.1) is 10.4 Å². The number of alkyl halides is 3. The molecule has 0 aliphatic carbocycles. The minimum absolute atomic E-state index is 0.0119. The van der Waals surface area contributed by atoms with Crippen LogP contribution in [0.15, 0.2) is 68.2 Å². The first-order valence-corrected chi connectivity index (χ1v) is 9.56. The van der Waals surface area contributed by atoms with Crippen molar-refractivity contribution in [2.45, 2.75) is 12.8 Å². The summed E-state index contributed by atoms with van der Waals surface area (Å²) in [5, 5.41) is 8.70. The zero-order chi connectivity index (χ0) is 23.8. The fraction of sp³-hybridized carbons (Fsp3) is 0.0909. The van der Waals surface area contributed by atoms with Crippen LogP contribution in [0.2, 0.25) is 5.02 Å². The number of hydrogen-bond acceptors (Lipinski definition) is 6. The van der Waals surface area contributed by atoms with Gasteiger partial charge < -0.3 is 23.4 Å². The highest BCUT2D eigenvalue weighted by molar-refractivity contribution is 6.32. The van der Waals surface area contributed by atoms with E-state index in [0.717, 1.165) is 6.07 Å². The Bertz CT molecular complexity index is 1410. The smallest absolute Gasteiger partial charge is 0.453 e. The van der Waals surface area contributed by atoms with E-state index in [4.69, 9.17) is 35.0 Å². The number of para-hydroxylation sites is 1. The van der Waals surface area contributed by atoms with Crippen molar-refractivity contribution in [3.8, 4) is 17.2 Å². The van der Waals surface area contributed by atoms with Crippen molar-refractivity contribution in [1.82, 2.24) is 0 Å². The largest absolute Gasteiger partial charge is 0.486 e. The number of halogens is 4. The van der Waals surface area contributed by atoms with Gasteiger partial charge in [-0.25, -0.2) is 4.79 Å². The molecule has 7 nitrogen and oxygen atoms in total. The van der Waals surface area contributed by atoms with E-state index in [1.54, 1.807) is 6.07 Å². The van der Waals surface area contributed by atoms with Gasteiger partial charge in [-0.3, -0.25) is 4.79 Å². The van der Waals surface area contributed by atoms with Gasteiger partial charge in [-0.1, -0.05) is 23.7 Å². The van der Waals surface area contributed by atoms with E-state index >= 15 is 0 Å². The lowest BCUT2D eigenvalue weighted by molar-refractivity contribution is -0.154. The number of fused-ring (bicyclic) bond motifs is 1. The van der Waals surface area contributed by atoms with E-state index in [-0.39, 0.29) is 45.6 Å². The quantitative estimate of drug-likeness (QED) is 0.354. The fourth-order valence-electron chi connectivity index (χ4n) is 2.89. The molecule has 2 aromatic heterocycles. The number of aromatic carboxylic acids is 1. The molecule has 0 spiro atoms. The molecule has 0 fully saturated rings. The van der Waals surface area contributed by atoms with Crippen LogP contribution >= 0.6 is 11.6 Å². The molecular weight excluding hydrogens is 469 g/mol. The first-order chi connectivity index (χ1) is 15.6. The summed E-state index contributed by atoms with van der Waals surface area (Å²) in [6.07, 6.45) is -5.04. The molecule has 0 aliphatic heterocycles. The highest BCUT2D eigenvalue weighted by Gasteiger charge is 2.40. The Hall–Kier alpha value is -3.92. The van der Waals surface area contributed by atoms with Crippen LogP contribution in [-0.4, -0.2) is 11.1 Å². The van der Waals surface area contributed by atoms with Gasteiger partial charge in [0.25, 0.3) is 5.76 Å². The Kier molecular flexibility index (Phi) is 5.77. The highest BCUT2D eigenvalue weighted by Crippen LogP contribution is 2.39. The summed E-state index contributed by atoms with van der Waals surface area (Å²) < 4.78 is 61.7. The SMILES string of the molecule is O=C(O)c1ccc(COc2ccc3c(=O)c(Oc4ccccc4Cl)c(C(F)(F)F)oc3c2)o1. The van der Waals surface area contributed by atoms with Gasteiger partial charge in [-0.05, 0) is 36.4 Å². The maximum atomic E-state index is 13.7. The average molecular weight is 481 g/mol. The second kappa shape index (κ2) is 8.55. The maximum absolute atomic E-state index is 13.7. The van der Waals surface area contributed by atoms with Crippen LogP contribution < -0.4 is 14.9 Å². The van der Waals surface area contributed by atoms with Crippen molar-refractivity contribution in [1.29, 1.82) is 0 Å². The lowest BCUT2D eigenvalue weighted by Gasteiger charge is -2.14. The molecule has 4 aromatic rings. The Morgan fingerprint density at radius 1 is 1.06 bits per heavy atom. The molecule has 0 amide bonds. The molecule has 2 heterocycles. The third-order valence-corrected chi connectivity index (χ3v) is 4.69. The van der Waals surface area contributed by atoms with Crippen LogP contribution in [0.25, 0.3) is 11.0 Å². The van der Waals surface area contributed by atoms with Gasteiger partial charge in [0.15, 0.2) is 0 Å². The molecule has 0 saturated carbocycles. The Labute approximate surface area is 187 Å². The summed E-state index contributed by atoms with van der Waals surface area (Å²) in [4.78, 5) is 23.7. The molecule has 33 heavy (non-hydrogen) atoms. The number of ether oxygens (including phenoxy) is 2. The van der Waals surface area contributed by atoms with E-state index in [0.29, 0.717) is 0 Å². The fourth-order valence-corrected chi connectivity index (χ4v) is 3.06. The average Bonchev–Trinajstić information content (AvgIpc) is 3.24. The van der Waals surface area contributed by atoms with Crippen molar-refractivity contribution in [3.05, 3.63) is 87.1 Å².